The minimum Gasteiger partial charge on any atom is -0.491 e. The summed E-state index contributed by atoms with van der Waals surface area (Å²) in [6.45, 7) is 5.94. The van der Waals surface area contributed by atoms with Gasteiger partial charge in [-0.1, -0.05) is 6.07 Å². The number of hydrogen-bond donors (Lipinski definition) is 1. The topological polar surface area (TPSA) is 66.0 Å². The third-order valence-corrected chi connectivity index (χ3v) is 3.32. The molecule has 1 saturated heterocycles. The smallest absolute Gasteiger partial charge is 0.349 e. The predicted molar refractivity (Wildman–Crippen MR) is 74.7 cm³/mol. The van der Waals surface area contributed by atoms with Crippen LogP contribution in [0.3, 0.4) is 0 Å². The van der Waals surface area contributed by atoms with Crippen molar-refractivity contribution in [3.63, 3.8) is 0 Å². The molecule has 3 rings (SSSR count). The van der Waals surface area contributed by atoms with Gasteiger partial charge in [0.1, 0.15) is 23.7 Å². The Morgan fingerprint density at radius 3 is 3.00 bits per heavy atom. The lowest BCUT2D eigenvalue weighted by Crippen LogP contribution is -2.45. The van der Waals surface area contributed by atoms with E-state index in [0.29, 0.717) is 36.9 Å². The second-order valence-electron chi connectivity index (χ2n) is 5.56. The molecule has 1 aromatic carbocycles. The molecule has 0 bridgehead atoms. The summed E-state index contributed by atoms with van der Waals surface area (Å²) in [6.07, 6.45) is 0. The molecule has 0 radical (unpaired) electrons. The molecule has 1 N–H and O–H groups in total. The normalized spacial score (nSPS) is 23.7. The second kappa shape index (κ2) is 5.54. The zero-order valence-corrected chi connectivity index (χ0v) is 12.2. The lowest BCUT2D eigenvalue weighted by atomic mass is 10.1. The maximum Gasteiger partial charge on any atom is 0.349 e. The minimum absolute atomic E-state index is 0.117. The van der Waals surface area contributed by atoms with Crippen LogP contribution < -0.4 is 14.8 Å². The summed E-state index contributed by atoms with van der Waals surface area (Å²) >= 11 is 0. The van der Waals surface area contributed by atoms with E-state index < -0.39 is 11.8 Å². The van der Waals surface area contributed by atoms with Crippen LogP contribution in [0.2, 0.25) is 0 Å². The van der Waals surface area contributed by atoms with Gasteiger partial charge in [-0.15, -0.1) is 0 Å². The molecule has 2 aliphatic rings. The summed E-state index contributed by atoms with van der Waals surface area (Å²) in [4.78, 5) is 12.2. The lowest BCUT2D eigenvalue weighted by molar-refractivity contribution is -0.127. The summed E-state index contributed by atoms with van der Waals surface area (Å²) in [6, 6.07) is 5.40. The van der Waals surface area contributed by atoms with Crippen LogP contribution in [0.4, 0.5) is 0 Å². The van der Waals surface area contributed by atoms with Crippen molar-refractivity contribution in [2.75, 3.05) is 26.4 Å². The number of carbonyl (C=O) groups is 1. The first-order chi connectivity index (χ1) is 10.1. The highest BCUT2D eigenvalue weighted by molar-refractivity contribution is 5.96. The standard InChI is InChI=1S/C15H19NO5/c1-15(2)20-12-5-3-4-11(13(12)14(17)21-15)19-9-10-8-18-7-6-16-10/h3-5,10,16H,6-9H2,1-2H3/t10-/m0/s1. The van der Waals surface area contributed by atoms with Gasteiger partial charge in [0, 0.05) is 20.4 Å². The average Bonchev–Trinajstić information content (AvgIpc) is 2.44. The number of morpholine rings is 1. The van der Waals surface area contributed by atoms with Crippen LogP contribution in [0.1, 0.15) is 24.2 Å². The Morgan fingerprint density at radius 2 is 2.24 bits per heavy atom. The van der Waals surface area contributed by atoms with Crippen molar-refractivity contribution < 1.29 is 23.7 Å². The van der Waals surface area contributed by atoms with E-state index in [1.165, 1.54) is 0 Å². The van der Waals surface area contributed by atoms with E-state index in [9.17, 15) is 4.79 Å². The van der Waals surface area contributed by atoms with Gasteiger partial charge in [0.2, 0.25) is 5.79 Å². The maximum atomic E-state index is 12.2. The van der Waals surface area contributed by atoms with E-state index in [-0.39, 0.29) is 6.04 Å². The molecule has 0 saturated carbocycles. The van der Waals surface area contributed by atoms with Gasteiger partial charge in [-0.2, -0.15) is 0 Å². The third kappa shape index (κ3) is 3.11. The number of ether oxygens (including phenoxy) is 4. The summed E-state index contributed by atoms with van der Waals surface area (Å²) in [5, 5.41) is 3.30. The zero-order valence-electron chi connectivity index (χ0n) is 12.2. The van der Waals surface area contributed by atoms with Crippen LogP contribution in [0.15, 0.2) is 18.2 Å². The lowest BCUT2D eigenvalue weighted by Gasteiger charge is -2.32. The third-order valence-electron chi connectivity index (χ3n) is 3.32. The van der Waals surface area contributed by atoms with Gasteiger partial charge in [-0.05, 0) is 12.1 Å². The van der Waals surface area contributed by atoms with Crippen LogP contribution in [0.25, 0.3) is 0 Å². The van der Waals surface area contributed by atoms with Gasteiger partial charge in [-0.25, -0.2) is 4.79 Å². The number of esters is 1. The average molecular weight is 293 g/mol. The summed E-state index contributed by atoms with van der Waals surface area (Å²) < 4.78 is 22.0. The Hall–Kier alpha value is -1.79. The van der Waals surface area contributed by atoms with Crippen LogP contribution in [-0.2, 0) is 9.47 Å². The molecule has 1 fully saturated rings. The van der Waals surface area contributed by atoms with E-state index in [2.05, 4.69) is 5.32 Å². The molecule has 6 heteroatoms. The van der Waals surface area contributed by atoms with Crippen LogP contribution in [0, 0.1) is 0 Å². The Morgan fingerprint density at radius 1 is 1.38 bits per heavy atom. The molecule has 1 aromatic rings. The molecular weight excluding hydrogens is 274 g/mol. The van der Waals surface area contributed by atoms with E-state index in [1.54, 1.807) is 32.0 Å². The van der Waals surface area contributed by atoms with Crippen LogP contribution >= 0.6 is 0 Å². The van der Waals surface area contributed by atoms with Gasteiger partial charge in [-0.3, -0.25) is 0 Å². The van der Waals surface area contributed by atoms with Crippen molar-refractivity contribution in [1.29, 1.82) is 0 Å². The van der Waals surface area contributed by atoms with Crippen LogP contribution in [-0.4, -0.2) is 44.2 Å². The number of carbonyl (C=O) groups excluding carboxylic acids is 1. The van der Waals surface area contributed by atoms with E-state index in [0.717, 1.165) is 6.54 Å². The van der Waals surface area contributed by atoms with Gasteiger partial charge < -0.3 is 24.3 Å². The van der Waals surface area contributed by atoms with Gasteiger partial charge in [0.15, 0.2) is 0 Å². The molecule has 2 heterocycles. The highest BCUT2D eigenvalue weighted by Gasteiger charge is 2.36. The van der Waals surface area contributed by atoms with Crippen molar-refractivity contribution in [1.82, 2.24) is 5.32 Å². The summed E-state index contributed by atoms with van der Waals surface area (Å²) in [7, 11) is 0. The molecule has 0 unspecified atom stereocenters. The predicted octanol–water partition coefficient (Wildman–Crippen LogP) is 1.34. The number of rotatable bonds is 3. The summed E-state index contributed by atoms with van der Waals surface area (Å²) in [5.74, 6) is -0.423. The molecule has 114 valence electrons. The number of benzene rings is 1. The molecule has 1 atom stereocenters. The Balaban J connectivity index is 1.76. The van der Waals surface area contributed by atoms with Crippen molar-refractivity contribution in [2.45, 2.75) is 25.7 Å². The fourth-order valence-electron chi connectivity index (χ4n) is 2.39. The Labute approximate surface area is 123 Å². The Bertz CT molecular complexity index is 537. The SMILES string of the molecule is CC1(C)OC(=O)c2c(OC[C@@H]3COCCN3)cccc2O1. The molecule has 21 heavy (non-hydrogen) atoms. The highest BCUT2D eigenvalue weighted by Crippen LogP contribution is 2.36. The molecule has 0 spiro atoms. The fraction of sp³-hybridized carbons (Fsp3) is 0.533. The number of nitrogens with one attached hydrogen (secondary N) is 1. The van der Waals surface area contributed by atoms with Gasteiger partial charge in [0.25, 0.3) is 0 Å². The molecule has 0 amide bonds. The molecule has 0 aliphatic carbocycles. The largest absolute Gasteiger partial charge is 0.491 e. The monoisotopic (exact) mass is 293 g/mol. The van der Waals surface area contributed by atoms with Crippen molar-refractivity contribution in [3.05, 3.63) is 23.8 Å². The number of fused-ring (bicyclic) bond motifs is 1. The number of cyclic esters (lactones) is 1. The summed E-state index contributed by atoms with van der Waals surface area (Å²) in [5.41, 5.74) is 0.341. The van der Waals surface area contributed by atoms with Crippen LogP contribution in [0.5, 0.6) is 11.5 Å². The van der Waals surface area contributed by atoms with E-state index in [4.69, 9.17) is 18.9 Å². The van der Waals surface area contributed by atoms with Crippen molar-refractivity contribution in [3.8, 4) is 11.5 Å². The maximum absolute atomic E-state index is 12.2. The van der Waals surface area contributed by atoms with Crippen molar-refractivity contribution in [2.24, 2.45) is 0 Å². The van der Waals surface area contributed by atoms with Crippen molar-refractivity contribution >= 4 is 5.97 Å². The van der Waals surface area contributed by atoms with Gasteiger partial charge >= 0.3 is 5.97 Å². The Kier molecular flexibility index (Phi) is 3.73. The van der Waals surface area contributed by atoms with E-state index >= 15 is 0 Å². The minimum atomic E-state index is -0.957. The zero-order chi connectivity index (χ0) is 14.9. The first kappa shape index (κ1) is 14.2. The highest BCUT2D eigenvalue weighted by atomic mass is 16.7. The van der Waals surface area contributed by atoms with Gasteiger partial charge in [0.05, 0.1) is 19.3 Å². The first-order valence-corrected chi connectivity index (χ1v) is 7.04. The second-order valence-corrected chi connectivity index (χ2v) is 5.56. The number of hydrogen-bond acceptors (Lipinski definition) is 6. The quantitative estimate of drug-likeness (QED) is 0.848. The fourth-order valence-corrected chi connectivity index (χ4v) is 2.39. The molecule has 6 nitrogen and oxygen atoms in total. The first-order valence-electron chi connectivity index (χ1n) is 7.04. The van der Waals surface area contributed by atoms with E-state index in [1.807, 2.05) is 0 Å². The molecule has 0 aromatic heterocycles. The molecule has 2 aliphatic heterocycles. The molecular formula is C15H19NO5.